The lowest BCUT2D eigenvalue weighted by atomic mass is 9.70. The van der Waals surface area contributed by atoms with Crippen LogP contribution >= 0.6 is 0 Å². The first-order valence-electron chi connectivity index (χ1n) is 10.7. The van der Waals surface area contributed by atoms with Crippen molar-refractivity contribution in [3.8, 4) is 0 Å². The Balaban J connectivity index is 1.69. The molecule has 0 aromatic carbocycles. The van der Waals surface area contributed by atoms with Crippen molar-refractivity contribution in [2.45, 2.75) is 71.3 Å². The molecule has 2 heteroatoms. The summed E-state index contributed by atoms with van der Waals surface area (Å²) in [6.07, 6.45) is 22.8. The molecular formula is C23H37NO. The van der Waals surface area contributed by atoms with Crippen molar-refractivity contribution in [1.82, 2.24) is 4.90 Å². The van der Waals surface area contributed by atoms with Gasteiger partial charge in [0.15, 0.2) is 0 Å². The van der Waals surface area contributed by atoms with Crippen molar-refractivity contribution in [1.29, 1.82) is 0 Å². The van der Waals surface area contributed by atoms with Crippen LogP contribution in [0.1, 0.15) is 65.2 Å². The highest BCUT2D eigenvalue weighted by Crippen LogP contribution is 2.42. The van der Waals surface area contributed by atoms with E-state index in [-0.39, 0.29) is 0 Å². The predicted octanol–water partition coefficient (Wildman–Crippen LogP) is 5.72. The first-order valence-corrected chi connectivity index (χ1v) is 10.7. The van der Waals surface area contributed by atoms with E-state index < -0.39 is 0 Å². The Morgan fingerprint density at radius 2 is 1.72 bits per heavy atom. The highest BCUT2D eigenvalue weighted by molar-refractivity contribution is 5.27. The number of hydrogen-bond acceptors (Lipinski definition) is 2. The molecule has 0 aromatic heterocycles. The van der Waals surface area contributed by atoms with Crippen LogP contribution in [0.15, 0.2) is 36.1 Å². The molecule has 4 atom stereocenters. The number of rotatable bonds is 9. The third-order valence-corrected chi connectivity index (χ3v) is 6.22. The zero-order valence-electron chi connectivity index (χ0n) is 16.3. The molecule has 1 saturated heterocycles. The molecule has 3 aliphatic rings. The van der Waals surface area contributed by atoms with Gasteiger partial charge in [0, 0.05) is 24.7 Å². The second-order valence-corrected chi connectivity index (χ2v) is 8.07. The van der Waals surface area contributed by atoms with E-state index in [4.69, 9.17) is 4.74 Å². The van der Waals surface area contributed by atoms with Gasteiger partial charge in [-0.05, 0) is 43.6 Å². The molecule has 3 rings (SSSR count). The van der Waals surface area contributed by atoms with Gasteiger partial charge in [0.1, 0.15) is 0 Å². The Bertz CT molecular complexity index is 482. The van der Waals surface area contributed by atoms with Crippen molar-refractivity contribution >= 4 is 0 Å². The highest BCUT2D eigenvalue weighted by atomic mass is 16.5. The smallest absolute Gasteiger partial charge is 0.0646 e. The molecule has 1 fully saturated rings. The first-order chi connectivity index (χ1) is 12.3. The number of unbranched alkanes of at least 4 members (excludes halogenated alkanes) is 4. The summed E-state index contributed by atoms with van der Waals surface area (Å²) in [5.41, 5.74) is 1.49. The van der Waals surface area contributed by atoms with E-state index in [1.165, 1.54) is 63.7 Å². The molecule has 0 saturated carbocycles. The molecule has 2 nitrogen and oxygen atoms in total. The first kappa shape index (κ1) is 18.8. The fraction of sp³-hybridized carbons (Fsp3) is 0.739. The number of hydrogen-bond donors (Lipinski definition) is 0. The summed E-state index contributed by atoms with van der Waals surface area (Å²) >= 11 is 0. The third-order valence-electron chi connectivity index (χ3n) is 6.22. The largest absolute Gasteiger partial charge is 0.377 e. The summed E-state index contributed by atoms with van der Waals surface area (Å²) in [6.45, 7) is 7.94. The van der Waals surface area contributed by atoms with Gasteiger partial charge in [-0.25, -0.2) is 0 Å². The predicted molar refractivity (Wildman–Crippen MR) is 106 cm³/mol. The van der Waals surface area contributed by atoms with E-state index in [1.807, 2.05) is 0 Å². The SMILES string of the molecule is CCCCCN(CCCCC)C1=CC2C(C=C1)COC1CC=CCC12. The van der Waals surface area contributed by atoms with Gasteiger partial charge in [-0.2, -0.15) is 0 Å². The monoisotopic (exact) mass is 343 g/mol. The molecule has 0 radical (unpaired) electrons. The Morgan fingerprint density at radius 1 is 1.00 bits per heavy atom. The number of nitrogens with zero attached hydrogens (tertiary/aromatic N) is 1. The van der Waals surface area contributed by atoms with Gasteiger partial charge in [0.05, 0.1) is 12.7 Å². The Labute approximate surface area is 155 Å². The maximum absolute atomic E-state index is 6.16. The van der Waals surface area contributed by atoms with Crippen LogP contribution in [0, 0.1) is 17.8 Å². The van der Waals surface area contributed by atoms with Crippen LogP contribution in [0.3, 0.4) is 0 Å². The minimum atomic E-state index is 0.448. The second kappa shape index (κ2) is 9.62. The normalized spacial score (nSPS) is 30.6. The van der Waals surface area contributed by atoms with E-state index in [9.17, 15) is 0 Å². The van der Waals surface area contributed by atoms with Crippen LogP contribution in [-0.4, -0.2) is 30.7 Å². The van der Waals surface area contributed by atoms with E-state index >= 15 is 0 Å². The van der Waals surface area contributed by atoms with Crippen LogP contribution in [0.5, 0.6) is 0 Å². The van der Waals surface area contributed by atoms with Crippen LogP contribution in [0.25, 0.3) is 0 Å². The lowest BCUT2D eigenvalue weighted by Crippen LogP contribution is -2.43. The quantitative estimate of drug-likeness (QED) is 0.392. The molecule has 0 N–H and O–H groups in total. The van der Waals surface area contributed by atoms with E-state index in [1.54, 1.807) is 0 Å². The average Bonchev–Trinajstić information content (AvgIpc) is 2.66. The number of ether oxygens (including phenoxy) is 1. The topological polar surface area (TPSA) is 12.5 Å². The summed E-state index contributed by atoms with van der Waals surface area (Å²) in [4.78, 5) is 2.67. The molecule has 25 heavy (non-hydrogen) atoms. The van der Waals surface area contributed by atoms with Crippen molar-refractivity contribution in [2.75, 3.05) is 19.7 Å². The summed E-state index contributed by atoms with van der Waals surface area (Å²) in [6, 6.07) is 0. The van der Waals surface area contributed by atoms with Crippen molar-refractivity contribution in [3.63, 3.8) is 0 Å². The standard InChI is InChI=1S/C23H37NO/c1-3-5-9-15-24(16-10-6-4-2)20-14-13-19-18-25-23-12-8-7-11-21(23)22(19)17-20/h7-8,13-14,17,19,21-23H,3-6,9-12,15-16,18H2,1-2H3. The van der Waals surface area contributed by atoms with Crippen molar-refractivity contribution < 1.29 is 4.74 Å². The van der Waals surface area contributed by atoms with Crippen LogP contribution < -0.4 is 0 Å². The lowest BCUT2D eigenvalue weighted by Gasteiger charge is -2.44. The molecule has 4 unspecified atom stereocenters. The summed E-state index contributed by atoms with van der Waals surface area (Å²) in [5, 5.41) is 0. The van der Waals surface area contributed by atoms with Crippen LogP contribution in [0.2, 0.25) is 0 Å². The lowest BCUT2D eigenvalue weighted by molar-refractivity contribution is -0.0683. The Kier molecular flexibility index (Phi) is 7.22. The summed E-state index contributed by atoms with van der Waals surface area (Å²) in [5.74, 6) is 1.94. The molecule has 1 heterocycles. The maximum Gasteiger partial charge on any atom is 0.0646 e. The van der Waals surface area contributed by atoms with Gasteiger partial charge >= 0.3 is 0 Å². The van der Waals surface area contributed by atoms with Crippen molar-refractivity contribution in [3.05, 3.63) is 36.1 Å². The molecule has 0 aromatic rings. The zero-order chi connectivity index (χ0) is 17.5. The molecule has 2 aliphatic carbocycles. The van der Waals surface area contributed by atoms with E-state index in [0.717, 1.165) is 13.0 Å². The van der Waals surface area contributed by atoms with Crippen LogP contribution in [-0.2, 0) is 4.74 Å². The Hall–Kier alpha value is -1.02. The summed E-state index contributed by atoms with van der Waals surface area (Å²) in [7, 11) is 0. The highest BCUT2D eigenvalue weighted by Gasteiger charge is 2.39. The maximum atomic E-state index is 6.16. The molecular weight excluding hydrogens is 306 g/mol. The molecule has 0 amide bonds. The average molecular weight is 344 g/mol. The third kappa shape index (κ3) is 4.78. The van der Waals surface area contributed by atoms with E-state index in [2.05, 4.69) is 49.1 Å². The van der Waals surface area contributed by atoms with E-state index in [0.29, 0.717) is 23.9 Å². The number of fused-ring (bicyclic) bond motifs is 3. The van der Waals surface area contributed by atoms with Gasteiger partial charge in [0.2, 0.25) is 0 Å². The van der Waals surface area contributed by atoms with Gasteiger partial charge in [0.25, 0.3) is 0 Å². The van der Waals surface area contributed by atoms with Gasteiger partial charge in [-0.3, -0.25) is 0 Å². The van der Waals surface area contributed by atoms with Crippen molar-refractivity contribution in [2.24, 2.45) is 17.8 Å². The van der Waals surface area contributed by atoms with Gasteiger partial charge in [-0.1, -0.05) is 63.8 Å². The Morgan fingerprint density at radius 3 is 2.44 bits per heavy atom. The van der Waals surface area contributed by atoms with Gasteiger partial charge < -0.3 is 9.64 Å². The summed E-state index contributed by atoms with van der Waals surface area (Å²) < 4.78 is 6.16. The zero-order valence-corrected chi connectivity index (χ0v) is 16.3. The minimum Gasteiger partial charge on any atom is -0.377 e. The molecule has 140 valence electrons. The fourth-order valence-electron chi connectivity index (χ4n) is 4.66. The minimum absolute atomic E-state index is 0.448. The molecule has 0 bridgehead atoms. The molecule has 1 aliphatic heterocycles. The van der Waals surface area contributed by atoms with Crippen LogP contribution in [0.4, 0.5) is 0 Å². The molecule has 0 spiro atoms. The number of allylic oxidation sites excluding steroid dienone is 3. The second-order valence-electron chi connectivity index (χ2n) is 8.07. The van der Waals surface area contributed by atoms with Gasteiger partial charge in [-0.15, -0.1) is 0 Å². The fourth-order valence-corrected chi connectivity index (χ4v) is 4.66.